The van der Waals surface area contributed by atoms with E-state index >= 15 is 0 Å². The van der Waals surface area contributed by atoms with Crippen molar-refractivity contribution in [3.63, 3.8) is 0 Å². The summed E-state index contributed by atoms with van der Waals surface area (Å²) >= 11 is 1.70. The van der Waals surface area contributed by atoms with Gasteiger partial charge in [0.2, 0.25) is 0 Å². The third-order valence-corrected chi connectivity index (χ3v) is 8.96. The van der Waals surface area contributed by atoms with Crippen LogP contribution in [-0.2, 0) is 21.1 Å². The Bertz CT molecular complexity index is 1940. The Kier molecular flexibility index (Phi) is 7.91. The van der Waals surface area contributed by atoms with Gasteiger partial charge >= 0.3 is 21.1 Å². The molecule has 0 aliphatic carbocycles. The number of nitrogens with zero attached hydrogens (tertiary/aromatic N) is 4. The van der Waals surface area contributed by atoms with Crippen molar-refractivity contribution < 1.29 is 21.1 Å². The second-order valence-corrected chi connectivity index (χ2v) is 13.3. The van der Waals surface area contributed by atoms with Crippen LogP contribution in [0, 0.1) is 12.1 Å². The van der Waals surface area contributed by atoms with Crippen LogP contribution in [0.2, 0.25) is 0 Å². The molecule has 0 fully saturated rings. The molecule has 0 unspecified atom stereocenters. The molecule has 4 aromatic carbocycles. The second kappa shape index (κ2) is 11.5. The van der Waals surface area contributed by atoms with E-state index in [0.29, 0.717) is 5.92 Å². The van der Waals surface area contributed by atoms with Crippen LogP contribution in [0.5, 0.6) is 0 Å². The summed E-state index contributed by atoms with van der Waals surface area (Å²) in [6.45, 7) is 12.0. The molecule has 218 valence electrons. The minimum Gasteiger partial charge on any atom is -0.347 e. The number of pyridine rings is 1. The first-order valence-electron chi connectivity index (χ1n) is 14.5. The van der Waals surface area contributed by atoms with Gasteiger partial charge in [0, 0.05) is 17.3 Å². The quantitative estimate of drug-likeness (QED) is 0.164. The van der Waals surface area contributed by atoms with Gasteiger partial charge in [-0.2, -0.15) is 24.3 Å². The Morgan fingerprint density at radius 2 is 1.53 bits per heavy atom. The first-order chi connectivity index (χ1) is 20.3. The van der Waals surface area contributed by atoms with E-state index in [9.17, 15) is 0 Å². The number of fused-ring (bicyclic) bond motifs is 4. The number of anilines is 3. The third-order valence-electron chi connectivity index (χ3n) is 8.04. The van der Waals surface area contributed by atoms with Crippen molar-refractivity contribution in [2.45, 2.75) is 55.9 Å². The summed E-state index contributed by atoms with van der Waals surface area (Å²) in [4.78, 5) is 11.7. The van der Waals surface area contributed by atoms with Crippen LogP contribution in [0.25, 0.3) is 27.6 Å². The zero-order chi connectivity index (χ0) is 29.0. The van der Waals surface area contributed by atoms with Crippen molar-refractivity contribution in [3.8, 4) is 5.82 Å². The second-order valence-electron chi connectivity index (χ2n) is 12.2. The maximum Gasteiger partial charge on any atom is 2.00 e. The molecule has 0 spiro atoms. The van der Waals surface area contributed by atoms with Crippen molar-refractivity contribution in [1.29, 1.82) is 0 Å². The fourth-order valence-electron chi connectivity index (χ4n) is 5.85. The first kappa shape index (κ1) is 29.5. The predicted octanol–water partition coefficient (Wildman–Crippen LogP) is 9.77. The van der Waals surface area contributed by atoms with Crippen LogP contribution >= 0.6 is 11.8 Å². The topological polar surface area (TPSA) is 24.3 Å². The maximum absolute atomic E-state index is 4.80. The van der Waals surface area contributed by atoms with E-state index in [0.717, 1.165) is 39.0 Å². The molecule has 6 aromatic rings. The van der Waals surface area contributed by atoms with Gasteiger partial charge in [0.1, 0.15) is 5.82 Å². The molecule has 1 aliphatic heterocycles. The van der Waals surface area contributed by atoms with Crippen molar-refractivity contribution in [3.05, 3.63) is 115 Å². The maximum atomic E-state index is 4.80. The fourth-order valence-corrected chi connectivity index (χ4v) is 6.68. The molecule has 3 heterocycles. The molecular weight excluding hydrogens is 728 g/mol. The minimum absolute atomic E-state index is 0. The van der Waals surface area contributed by atoms with Crippen molar-refractivity contribution in [2.75, 3.05) is 16.5 Å². The van der Waals surface area contributed by atoms with E-state index in [-0.39, 0.29) is 26.6 Å². The summed E-state index contributed by atoms with van der Waals surface area (Å²) < 4.78 is 2.25. The number of benzene rings is 4. The van der Waals surface area contributed by atoms with Crippen molar-refractivity contribution in [2.24, 2.45) is 0 Å². The first-order valence-corrected chi connectivity index (χ1v) is 15.4. The zero-order valence-electron chi connectivity index (χ0n) is 25.0. The molecule has 43 heavy (non-hydrogen) atoms. The number of aromatic nitrogens is 2. The van der Waals surface area contributed by atoms with Gasteiger partial charge in [-0.15, -0.1) is 45.1 Å². The molecule has 4 nitrogen and oxygen atoms in total. The Labute approximate surface area is 273 Å². The molecule has 1 aliphatic rings. The molecule has 6 heteroatoms. The Hall–Kier alpha value is -3.53. The number of hydrogen-bond acceptors (Lipinski definition) is 4. The number of para-hydroxylation sites is 3. The average molecular weight is 762 g/mol. The largest absolute Gasteiger partial charge is 2.00 e. The third kappa shape index (κ3) is 5.39. The molecule has 0 bridgehead atoms. The number of rotatable bonds is 5. The standard InChI is InChI=1S/C37H34N4S.Pt/c1-25(2)26-19-20-38-36(21-26)41-32-14-7-6-13-30(32)31-18-17-29(23-35(31)41)42-28-12-10-11-27(22-28)39-24-40(37(3,4)5)34-16-9-8-15-33(34)39;/h6-21,25H,24H2,1-5H3;/q-2;+2. The molecule has 0 radical (unpaired) electrons. The Morgan fingerprint density at radius 3 is 2.33 bits per heavy atom. The molecule has 2 aromatic heterocycles. The van der Waals surface area contributed by atoms with Gasteiger partial charge in [-0.3, -0.25) is 0 Å². The summed E-state index contributed by atoms with van der Waals surface area (Å²) in [5, 5.41) is 2.39. The van der Waals surface area contributed by atoms with E-state index in [1.165, 1.54) is 27.7 Å². The summed E-state index contributed by atoms with van der Waals surface area (Å²) in [5.41, 5.74) is 7.03. The van der Waals surface area contributed by atoms with E-state index in [1.54, 1.807) is 11.8 Å². The average Bonchev–Trinajstić information content (AvgIpc) is 3.54. The molecule has 0 saturated carbocycles. The smallest absolute Gasteiger partial charge is 0.347 e. The van der Waals surface area contributed by atoms with Crippen LogP contribution in [0.4, 0.5) is 17.1 Å². The van der Waals surface area contributed by atoms with Gasteiger partial charge in [0.05, 0.1) is 18.0 Å². The van der Waals surface area contributed by atoms with E-state index in [4.69, 9.17) is 4.98 Å². The van der Waals surface area contributed by atoms with Crippen LogP contribution in [-0.4, -0.2) is 21.8 Å². The minimum atomic E-state index is 0. The van der Waals surface area contributed by atoms with Crippen LogP contribution in [0.1, 0.15) is 46.1 Å². The predicted molar refractivity (Wildman–Crippen MR) is 177 cm³/mol. The van der Waals surface area contributed by atoms with Gasteiger partial charge in [0.25, 0.3) is 0 Å². The van der Waals surface area contributed by atoms with Gasteiger partial charge in [0.15, 0.2) is 0 Å². The summed E-state index contributed by atoms with van der Waals surface area (Å²) in [5.74, 6) is 1.35. The fraction of sp³-hybridized carbons (Fsp3) is 0.216. The molecule has 7 rings (SSSR count). The van der Waals surface area contributed by atoms with Gasteiger partial charge in [-0.25, -0.2) is 4.98 Å². The van der Waals surface area contributed by atoms with E-state index in [1.807, 2.05) is 6.20 Å². The number of hydrogen-bond donors (Lipinski definition) is 0. The summed E-state index contributed by atoms with van der Waals surface area (Å²) in [7, 11) is 0. The SMILES string of the molecule is CC(C)c1ccnc(-n2c3[c-]c(Sc4[c-]c(N5CN(C(C)(C)C)c6ccccc65)ccc4)ccc3c3ccccc32)c1.[Pt+2]. The monoisotopic (exact) mass is 761 g/mol. The van der Waals surface area contributed by atoms with Gasteiger partial charge in [-0.1, -0.05) is 55.4 Å². The molecule has 0 amide bonds. The zero-order valence-corrected chi connectivity index (χ0v) is 28.1. The Balaban J connectivity index is 0.00000329. The molecule has 0 saturated heterocycles. The van der Waals surface area contributed by atoms with Crippen molar-refractivity contribution >= 4 is 50.6 Å². The molecule has 0 N–H and O–H groups in total. The van der Waals surface area contributed by atoms with E-state index < -0.39 is 0 Å². The van der Waals surface area contributed by atoms with Gasteiger partial charge in [-0.05, 0) is 68.0 Å². The van der Waals surface area contributed by atoms with Crippen LogP contribution in [0.3, 0.4) is 0 Å². The Morgan fingerprint density at radius 1 is 0.791 bits per heavy atom. The molecule has 0 atom stereocenters. The van der Waals surface area contributed by atoms with Gasteiger partial charge < -0.3 is 14.4 Å². The normalized spacial score (nSPS) is 13.2. The molecular formula is C37H34N4PtS. The summed E-state index contributed by atoms with van der Waals surface area (Å²) in [6.07, 6.45) is 1.92. The van der Waals surface area contributed by atoms with Crippen LogP contribution < -0.4 is 9.80 Å². The van der Waals surface area contributed by atoms with Crippen LogP contribution in [0.15, 0.2) is 107 Å². The van der Waals surface area contributed by atoms with Crippen molar-refractivity contribution in [1.82, 2.24) is 9.55 Å². The van der Waals surface area contributed by atoms with E-state index in [2.05, 4.69) is 152 Å². The summed E-state index contributed by atoms with van der Waals surface area (Å²) in [6, 6.07) is 39.8.